The summed E-state index contributed by atoms with van der Waals surface area (Å²) in [6.45, 7) is 1.36. The molecule has 0 radical (unpaired) electrons. The fraction of sp³-hybridized carbons (Fsp3) is 0.105. The van der Waals surface area contributed by atoms with Crippen molar-refractivity contribution in [2.24, 2.45) is 0 Å². The lowest BCUT2D eigenvalue weighted by Crippen LogP contribution is -2.32. The van der Waals surface area contributed by atoms with E-state index in [1.54, 1.807) is 18.2 Å². The molecule has 0 aliphatic carbocycles. The Hall–Kier alpha value is -3.19. The fourth-order valence-electron chi connectivity index (χ4n) is 2.55. The third-order valence-electron chi connectivity index (χ3n) is 3.89. The minimum atomic E-state index is -1.24. The number of benzene rings is 2. The van der Waals surface area contributed by atoms with Crippen molar-refractivity contribution < 1.29 is 19.8 Å². The van der Waals surface area contributed by atoms with Gasteiger partial charge in [-0.05, 0) is 30.2 Å². The van der Waals surface area contributed by atoms with E-state index in [9.17, 15) is 19.5 Å². The Kier molecular flexibility index (Phi) is 4.73. The predicted molar refractivity (Wildman–Crippen MR) is 99.9 cm³/mol. The second-order valence-corrected chi connectivity index (χ2v) is 6.78. The molecule has 0 saturated carbocycles. The number of rotatable bonds is 4. The van der Waals surface area contributed by atoms with E-state index >= 15 is 0 Å². The maximum absolute atomic E-state index is 12.3. The molecule has 0 saturated heterocycles. The topological polar surface area (TPSA) is 104 Å². The maximum atomic E-state index is 12.3. The molecule has 3 N–H and O–H groups in total. The summed E-state index contributed by atoms with van der Waals surface area (Å²) >= 11 is 0.833. The zero-order chi connectivity index (χ0) is 18.8. The van der Waals surface area contributed by atoms with Gasteiger partial charge in [0.05, 0.1) is 0 Å². The number of aryl methyl sites for hydroxylation is 1. The summed E-state index contributed by atoms with van der Waals surface area (Å²) in [6, 6.07) is 13.1. The lowest BCUT2D eigenvalue weighted by Gasteiger charge is -2.08. The van der Waals surface area contributed by atoms with Gasteiger partial charge >= 0.3 is 5.97 Å². The van der Waals surface area contributed by atoms with E-state index in [2.05, 4.69) is 5.32 Å². The first kappa shape index (κ1) is 17.6. The average Bonchev–Trinajstić information content (AvgIpc) is 2.60. The van der Waals surface area contributed by atoms with Gasteiger partial charge in [0.15, 0.2) is 0 Å². The van der Waals surface area contributed by atoms with Crippen LogP contribution < -0.4 is 10.1 Å². The summed E-state index contributed by atoms with van der Waals surface area (Å²) < 4.78 is -0.0840. The molecule has 0 fully saturated rings. The number of fused-ring (bicyclic) bond motifs is 1. The van der Waals surface area contributed by atoms with Crippen molar-refractivity contribution >= 4 is 33.3 Å². The SMILES string of the molecule is Cc1ccc(-c2ccc3c(O)c(C(=O)NCC(=O)O)c(=O)sc3c2)cc1. The first-order valence-corrected chi connectivity index (χ1v) is 8.55. The monoisotopic (exact) mass is 369 g/mol. The number of hydrogen-bond donors (Lipinski definition) is 3. The zero-order valence-corrected chi connectivity index (χ0v) is 14.6. The van der Waals surface area contributed by atoms with Crippen LogP contribution in [-0.2, 0) is 4.79 Å². The van der Waals surface area contributed by atoms with Crippen LogP contribution in [0.2, 0.25) is 0 Å². The Morgan fingerprint density at radius 3 is 2.38 bits per heavy atom. The van der Waals surface area contributed by atoms with Crippen molar-refractivity contribution in [1.82, 2.24) is 5.32 Å². The molecule has 0 unspecified atom stereocenters. The van der Waals surface area contributed by atoms with Gasteiger partial charge in [0, 0.05) is 10.1 Å². The van der Waals surface area contributed by atoms with Crippen molar-refractivity contribution in [1.29, 1.82) is 0 Å². The van der Waals surface area contributed by atoms with Crippen LogP contribution in [0, 0.1) is 6.92 Å². The predicted octanol–water partition coefficient (Wildman–Crippen LogP) is 2.76. The van der Waals surface area contributed by atoms with Crippen LogP contribution in [0.15, 0.2) is 47.3 Å². The third-order valence-corrected chi connectivity index (χ3v) is 4.84. The van der Waals surface area contributed by atoms with Gasteiger partial charge in [-0.3, -0.25) is 14.4 Å². The van der Waals surface area contributed by atoms with Crippen LogP contribution in [0.25, 0.3) is 21.2 Å². The van der Waals surface area contributed by atoms with Crippen LogP contribution in [0.5, 0.6) is 5.75 Å². The average molecular weight is 369 g/mol. The number of carboxylic acid groups (broad SMARTS) is 1. The van der Waals surface area contributed by atoms with Crippen molar-refractivity contribution in [3.8, 4) is 16.9 Å². The second-order valence-electron chi connectivity index (χ2n) is 5.77. The first-order valence-electron chi connectivity index (χ1n) is 7.73. The van der Waals surface area contributed by atoms with E-state index in [1.807, 2.05) is 31.2 Å². The summed E-state index contributed by atoms with van der Waals surface area (Å²) in [7, 11) is 0. The van der Waals surface area contributed by atoms with E-state index in [0.29, 0.717) is 10.1 Å². The quantitative estimate of drug-likeness (QED) is 0.656. The molecule has 0 aliphatic rings. The van der Waals surface area contributed by atoms with Gasteiger partial charge < -0.3 is 15.5 Å². The molecule has 132 valence electrons. The molecule has 26 heavy (non-hydrogen) atoms. The number of carbonyl (C=O) groups is 2. The number of amides is 1. The summed E-state index contributed by atoms with van der Waals surface area (Å²) in [5.74, 6) is -2.59. The number of aliphatic carboxylic acids is 1. The third kappa shape index (κ3) is 3.43. The highest BCUT2D eigenvalue weighted by Gasteiger charge is 2.20. The normalized spacial score (nSPS) is 10.7. The molecule has 3 rings (SSSR count). The Labute approximate surface area is 152 Å². The summed E-state index contributed by atoms with van der Waals surface area (Å²) in [5.41, 5.74) is 2.55. The molecule has 7 heteroatoms. The molecular weight excluding hydrogens is 354 g/mol. The molecule has 2 aromatic carbocycles. The fourth-order valence-corrected chi connectivity index (χ4v) is 3.51. The van der Waals surface area contributed by atoms with Gasteiger partial charge in [0.1, 0.15) is 17.9 Å². The summed E-state index contributed by atoms with van der Waals surface area (Å²) in [5, 5.41) is 21.4. The van der Waals surface area contributed by atoms with Crippen LogP contribution in [-0.4, -0.2) is 28.6 Å². The number of hydrogen-bond acceptors (Lipinski definition) is 5. The van der Waals surface area contributed by atoms with Gasteiger partial charge in [-0.2, -0.15) is 0 Å². The highest BCUT2D eigenvalue weighted by Crippen LogP contribution is 2.32. The van der Waals surface area contributed by atoms with Gasteiger partial charge in [0.2, 0.25) is 4.74 Å². The van der Waals surface area contributed by atoms with E-state index in [0.717, 1.165) is 28.0 Å². The molecule has 1 aromatic heterocycles. The lowest BCUT2D eigenvalue weighted by molar-refractivity contribution is -0.135. The highest BCUT2D eigenvalue weighted by molar-refractivity contribution is 7.16. The Balaban J connectivity index is 2.06. The van der Waals surface area contributed by atoms with E-state index in [1.165, 1.54) is 0 Å². The molecule has 1 heterocycles. The van der Waals surface area contributed by atoms with Crippen molar-refractivity contribution in [2.75, 3.05) is 6.54 Å². The van der Waals surface area contributed by atoms with Crippen molar-refractivity contribution in [3.63, 3.8) is 0 Å². The molecule has 0 bridgehead atoms. The standard InChI is InChI=1S/C19H15NO5S/c1-10-2-4-11(5-3-10)12-6-7-13-14(8-12)26-19(25)16(17(13)23)18(24)20-9-15(21)22/h2-8,23H,9H2,1H3,(H,20,24)(H,21,22). The number of nitrogens with one attached hydrogen (secondary N) is 1. The Morgan fingerprint density at radius 2 is 1.73 bits per heavy atom. The summed E-state index contributed by atoms with van der Waals surface area (Å²) in [4.78, 5) is 34.9. The maximum Gasteiger partial charge on any atom is 0.322 e. The zero-order valence-electron chi connectivity index (χ0n) is 13.8. The number of carbonyl (C=O) groups excluding carboxylic acids is 1. The van der Waals surface area contributed by atoms with E-state index in [4.69, 9.17) is 5.11 Å². The van der Waals surface area contributed by atoms with Crippen LogP contribution >= 0.6 is 11.3 Å². The molecule has 3 aromatic rings. The van der Waals surface area contributed by atoms with Crippen molar-refractivity contribution in [3.05, 3.63) is 63.1 Å². The van der Waals surface area contributed by atoms with E-state index in [-0.39, 0.29) is 0 Å². The van der Waals surface area contributed by atoms with Crippen molar-refractivity contribution in [2.45, 2.75) is 6.92 Å². The first-order chi connectivity index (χ1) is 12.4. The molecular formula is C19H15NO5S. The van der Waals surface area contributed by atoms with Gasteiger partial charge in [0.25, 0.3) is 5.91 Å². The lowest BCUT2D eigenvalue weighted by atomic mass is 10.0. The van der Waals surface area contributed by atoms with Gasteiger partial charge in [-0.15, -0.1) is 0 Å². The molecule has 1 amide bonds. The number of carboxylic acids is 1. The van der Waals surface area contributed by atoms with Crippen LogP contribution in [0.3, 0.4) is 0 Å². The second kappa shape index (κ2) is 6.97. The van der Waals surface area contributed by atoms with Gasteiger partial charge in [-0.25, -0.2) is 0 Å². The van der Waals surface area contributed by atoms with Crippen LogP contribution in [0.1, 0.15) is 15.9 Å². The van der Waals surface area contributed by atoms with Crippen LogP contribution in [0.4, 0.5) is 0 Å². The largest absolute Gasteiger partial charge is 0.506 e. The molecule has 0 aliphatic heterocycles. The van der Waals surface area contributed by atoms with E-state index < -0.39 is 34.5 Å². The molecule has 6 nitrogen and oxygen atoms in total. The minimum absolute atomic E-state index is 0.367. The highest BCUT2D eigenvalue weighted by atomic mass is 32.1. The number of aromatic hydroxyl groups is 1. The Bertz CT molecular complexity index is 1070. The minimum Gasteiger partial charge on any atom is -0.506 e. The smallest absolute Gasteiger partial charge is 0.322 e. The molecule has 0 atom stereocenters. The Morgan fingerprint density at radius 1 is 1.08 bits per heavy atom. The van der Waals surface area contributed by atoms with Gasteiger partial charge in [-0.1, -0.05) is 47.2 Å². The molecule has 0 spiro atoms. The summed E-state index contributed by atoms with van der Waals surface area (Å²) in [6.07, 6.45) is 0.